The van der Waals surface area contributed by atoms with Crippen molar-refractivity contribution >= 4 is 28.1 Å². The van der Waals surface area contributed by atoms with Crippen LogP contribution in [0, 0.1) is 12.7 Å². The molecule has 0 saturated carbocycles. The van der Waals surface area contributed by atoms with Crippen LogP contribution < -0.4 is 10.2 Å². The number of hydrogen-bond acceptors (Lipinski definition) is 5. The molecular weight excluding hydrogens is 327 g/mol. The van der Waals surface area contributed by atoms with E-state index in [1.54, 1.807) is 29.7 Å². The van der Waals surface area contributed by atoms with Gasteiger partial charge in [-0.3, -0.25) is 9.69 Å². The first kappa shape index (κ1) is 16.9. The molecule has 0 aliphatic carbocycles. The summed E-state index contributed by atoms with van der Waals surface area (Å²) in [6, 6.07) is 4.52. The van der Waals surface area contributed by atoms with Gasteiger partial charge in [-0.25, -0.2) is 9.37 Å². The molecule has 24 heavy (non-hydrogen) atoms. The molecule has 0 spiro atoms. The molecule has 128 valence electrons. The average molecular weight is 348 g/mol. The van der Waals surface area contributed by atoms with E-state index in [4.69, 9.17) is 0 Å². The number of aryl methyl sites for hydroxylation is 1. The lowest BCUT2D eigenvalue weighted by molar-refractivity contribution is -0.120. The second-order valence-corrected chi connectivity index (χ2v) is 6.86. The van der Waals surface area contributed by atoms with E-state index in [0.717, 1.165) is 36.9 Å². The van der Waals surface area contributed by atoms with Crippen LogP contribution in [0.25, 0.3) is 0 Å². The molecule has 2 heterocycles. The molecule has 1 aromatic heterocycles. The molecule has 1 aromatic carbocycles. The number of carbonyl (C=O) groups excluding carboxylic acids is 1. The van der Waals surface area contributed by atoms with E-state index in [0.29, 0.717) is 0 Å². The number of aromatic nitrogens is 1. The van der Waals surface area contributed by atoms with Crippen LogP contribution in [0.15, 0.2) is 29.8 Å². The zero-order valence-corrected chi connectivity index (χ0v) is 14.6. The molecule has 3 rings (SSSR count). The number of carbonyl (C=O) groups is 1. The normalized spacial score (nSPS) is 16.9. The lowest BCUT2D eigenvalue weighted by atomic mass is 10.2. The highest BCUT2D eigenvalue weighted by Gasteiger charge is 2.26. The fraction of sp³-hybridized carbons (Fsp3) is 0.412. The molecule has 0 radical (unpaired) electrons. The number of nitrogens with one attached hydrogen (secondary N) is 1. The van der Waals surface area contributed by atoms with Crippen molar-refractivity contribution in [3.8, 4) is 0 Å². The van der Waals surface area contributed by atoms with E-state index in [-0.39, 0.29) is 17.6 Å². The largest absolute Gasteiger partial charge is 0.346 e. The van der Waals surface area contributed by atoms with Gasteiger partial charge in [0.1, 0.15) is 5.82 Å². The number of thiazole rings is 1. The second-order valence-electron chi connectivity index (χ2n) is 5.99. The van der Waals surface area contributed by atoms with Gasteiger partial charge in [-0.05, 0) is 31.5 Å². The maximum Gasteiger partial charge on any atom is 0.241 e. The maximum atomic E-state index is 13.9. The number of benzene rings is 1. The zero-order chi connectivity index (χ0) is 17.1. The minimum atomic E-state index is -0.399. The molecule has 7 heteroatoms. The third-order valence-corrected chi connectivity index (χ3v) is 5.15. The number of hydrogen-bond donors (Lipinski definition) is 1. The summed E-state index contributed by atoms with van der Waals surface area (Å²) in [6.07, 6.45) is 1.80. The first-order chi connectivity index (χ1) is 11.5. The Morgan fingerprint density at radius 2 is 2.08 bits per heavy atom. The Hall–Kier alpha value is -1.99. The highest BCUT2D eigenvalue weighted by Crippen LogP contribution is 2.20. The topological polar surface area (TPSA) is 48.5 Å². The van der Waals surface area contributed by atoms with Gasteiger partial charge in [0, 0.05) is 37.8 Å². The van der Waals surface area contributed by atoms with Crippen molar-refractivity contribution in [3.05, 3.63) is 41.2 Å². The van der Waals surface area contributed by atoms with Crippen molar-refractivity contribution in [3.63, 3.8) is 0 Å². The van der Waals surface area contributed by atoms with E-state index in [2.05, 4.69) is 20.1 Å². The second kappa shape index (κ2) is 7.27. The molecule has 2 aromatic rings. The van der Waals surface area contributed by atoms with Crippen LogP contribution in [0.4, 0.5) is 15.2 Å². The van der Waals surface area contributed by atoms with Crippen molar-refractivity contribution in [2.45, 2.75) is 19.9 Å². The Bertz CT molecular complexity index is 699. The third-order valence-electron chi connectivity index (χ3n) is 4.31. The van der Waals surface area contributed by atoms with Gasteiger partial charge >= 0.3 is 0 Å². The molecule has 1 saturated heterocycles. The molecule has 5 nitrogen and oxygen atoms in total. The number of halogens is 1. The fourth-order valence-electron chi connectivity index (χ4n) is 2.80. The Kier molecular flexibility index (Phi) is 5.11. The highest BCUT2D eigenvalue weighted by atomic mass is 32.1. The van der Waals surface area contributed by atoms with Crippen molar-refractivity contribution in [2.75, 3.05) is 36.4 Å². The molecule has 1 amide bonds. The molecule has 1 aliphatic rings. The van der Waals surface area contributed by atoms with Crippen molar-refractivity contribution < 1.29 is 9.18 Å². The highest BCUT2D eigenvalue weighted by molar-refractivity contribution is 7.13. The van der Waals surface area contributed by atoms with Gasteiger partial charge in [-0.15, -0.1) is 11.3 Å². The predicted octanol–water partition coefficient (Wildman–Crippen LogP) is 2.74. The summed E-state index contributed by atoms with van der Waals surface area (Å²) in [5.41, 5.74) is 1.07. The summed E-state index contributed by atoms with van der Waals surface area (Å²) < 4.78 is 13.9. The van der Waals surface area contributed by atoms with Crippen molar-refractivity contribution in [1.29, 1.82) is 0 Å². The summed E-state index contributed by atoms with van der Waals surface area (Å²) in [7, 11) is 0. The van der Waals surface area contributed by atoms with E-state index in [1.807, 2.05) is 19.2 Å². The van der Waals surface area contributed by atoms with Crippen LogP contribution >= 0.6 is 11.3 Å². The molecule has 1 fully saturated rings. The summed E-state index contributed by atoms with van der Waals surface area (Å²) >= 11 is 1.63. The molecule has 1 unspecified atom stereocenters. The summed E-state index contributed by atoms with van der Waals surface area (Å²) in [5, 5.41) is 5.68. The van der Waals surface area contributed by atoms with E-state index >= 15 is 0 Å². The van der Waals surface area contributed by atoms with Crippen LogP contribution in [0.5, 0.6) is 0 Å². The van der Waals surface area contributed by atoms with Crippen LogP contribution in [0.3, 0.4) is 0 Å². The van der Waals surface area contributed by atoms with Crippen LogP contribution in [-0.2, 0) is 4.79 Å². The Labute approximate surface area is 145 Å². The monoisotopic (exact) mass is 348 g/mol. The SMILES string of the molecule is Cc1ccc(NC(=O)C(C)N2CCN(c3nccs3)CC2)c(F)c1. The summed E-state index contributed by atoms with van der Waals surface area (Å²) in [4.78, 5) is 21.1. The molecule has 1 aliphatic heterocycles. The van der Waals surface area contributed by atoms with Crippen molar-refractivity contribution in [2.24, 2.45) is 0 Å². The first-order valence-corrected chi connectivity index (χ1v) is 8.88. The Morgan fingerprint density at radius 1 is 1.33 bits per heavy atom. The maximum absolute atomic E-state index is 13.9. The van der Waals surface area contributed by atoms with Crippen molar-refractivity contribution in [1.82, 2.24) is 9.88 Å². The summed E-state index contributed by atoms with van der Waals surface area (Å²) in [5.74, 6) is -0.579. The van der Waals surface area contributed by atoms with Gasteiger partial charge in [0.05, 0.1) is 11.7 Å². The van der Waals surface area contributed by atoms with Crippen LogP contribution in [-0.4, -0.2) is 48.0 Å². The van der Waals surface area contributed by atoms with E-state index < -0.39 is 5.82 Å². The number of amides is 1. The number of rotatable bonds is 4. The summed E-state index contributed by atoms with van der Waals surface area (Å²) in [6.45, 7) is 6.92. The Balaban J connectivity index is 1.56. The molecule has 1 N–H and O–H groups in total. The molecule has 0 bridgehead atoms. The Morgan fingerprint density at radius 3 is 2.71 bits per heavy atom. The number of piperazine rings is 1. The van der Waals surface area contributed by atoms with Gasteiger partial charge in [0.15, 0.2) is 5.13 Å². The van der Waals surface area contributed by atoms with Gasteiger partial charge in [0.25, 0.3) is 0 Å². The van der Waals surface area contributed by atoms with E-state index in [9.17, 15) is 9.18 Å². The van der Waals surface area contributed by atoms with Gasteiger partial charge < -0.3 is 10.2 Å². The van der Waals surface area contributed by atoms with Crippen LogP contribution in [0.1, 0.15) is 12.5 Å². The molecule has 1 atom stereocenters. The molecular formula is C17H21FN4OS. The number of anilines is 2. The minimum Gasteiger partial charge on any atom is -0.346 e. The fourth-order valence-corrected chi connectivity index (χ4v) is 3.49. The van der Waals surface area contributed by atoms with E-state index in [1.165, 1.54) is 6.07 Å². The zero-order valence-electron chi connectivity index (χ0n) is 13.8. The quantitative estimate of drug-likeness (QED) is 0.923. The lowest BCUT2D eigenvalue weighted by Crippen LogP contribution is -2.52. The van der Waals surface area contributed by atoms with Gasteiger partial charge in [-0.1, -0.05) is 6.07 Å². The van der Waals surface area contributed by atoms with Crippen LogP contribution in [0.2, 0.25) is 0 Å². The number of nitrogens with zero attached hydrogens (tertiary/aromatic N) is 3. The first-order valence-electron chi connectivity index (χ1n) is 8.00. The smallest absolute Gasteiger partial charge is 0.241 e. The third kappa shape index (κ3) is 3.73. The standard InChI is InChI=1S/C17H21FN4OS/c1-12-3-4-15(14(18)11-12)20-16(23)13(2)21-6-8-22(9-7-21)17-19-5-10-24-17/h3-5,10-11,13H,6-9H2,1-2H3,(H,20,23). The van der Waals surface area contributed by atoms with Gasteiger partial charge in [-0.2, -0.15) is 0 Å². The van der Waals surface area contributed by atoms with Gasteiger partial charge in [0.2, 0.25) is 5.91 Å². The predicted molar refractivity (Wildman–Crippen MR) is 95.1 cm³/mol. The minimum absolute atomic E-state index is 0.180. The average Bonchev–Trinajstić information content (AvgIpc) is 3.11. The lowest BCUT2D eigenvalue weighted by Gasteiger charge is -2.37.